The minimum absolute atomic E-state index is 0.0628. The number of halogens is 1. The smallest absolute Gasteiger partial charge is 0.287 e. The number of hydrogen-bond acceptors (Lipinski definition) is 5. The van der Waals surface area contributed by atoms with E-state index in [4.69, 9.17) is 16.3 Å². The molecule has 21 heavy (non-hydrogen) atoms. The highest BCUT2D eigenvalue weighted by Crippen LogP contribution is 2.22. The van der Waals surface area contributed by atoms with E-state index in [-0.39, 0.29) is 17.2 Å². The number of amides is 1. The fourth-order valence-electron chi connectivity index (χ4n) is 2.36. The number of nitrogens with zero attached hydrogens (tertiary/aromatic N) is 4. The van der Waals surface area contributed by atoms with Crippen LogP contribution in [0.5, 0.6) is 0 Å². The lowest BCUT2D eigenvalue weighted by Gasteiger charge is -2.23. The monoisotopic (exact) mass is 307 g/mol. The van der Waals surface area contributed by atoms with Crippen molar-refractivity contribution in [3.63, 3.8) is 0 Å². The van der Waals surface area contributed by atoms with E-state index < -0.39 is 0 Å². The average Bonchev–Trinajstić information content (AvgIpc) is 2.86. The van der Waals surface area contributed by atoms with Gasteiger partial charge in [0.25, 0.3) is 5.91 Å². The van der Waals surface area contributed by atoms with Gasteiger partial charge in [0.2, 0.25) is 5.28 Å². The minimum Gasteiger partial charge on any atom is -0.382 e. The number of aromatic nitrogens is 4. The lowest BCUT2D eigenvalue weighted by molar-refractivity contribution is 0.0833. The highest BCUT2D eigenvalue weighted by Gasteiger charge is 2.27. The van der Waals surface area contributed by atoms with Gasteiger partial charge in [-0.15, -0.1) is 0 Å². The summed E-state index contributed by atoms with van der Waals surface area (Å²) < 4.78 is 6.90. The Hall–Kier alpha value is -1.99. The van der Waals surface area contributed by atoms with Gasteiger partial charge in [-0.25, -0.2) is 15.0 Å². The molecule has 2 aromatic rings. The molecule has 3 heterocycles. The first kappa shape index (κ1) is 14.0. The molecule has 0 saturated carbocycles. The number of carbonyl (C=O) groups is 1. The number of nitrogens with one attached hydrogen (secondary N) is 1. The molecule has 0 aromatic carbocycles. The number of aryl methyl sites for hydroxylation is 1. The van der Waals surface area contributed by atoms with Crippen LogP contribution in [0.15, 0.2) is 12.4 Å². The van der Waals surface area contributed by atoms with Crippen molar-refractivity contribution >= 4 is 17.5 Å². The summed E-state index contributed by atoms with van der Waals surface area (Å²) in [6.07, 6.45) is 3.44. The van der Waals surface area contributed by atoms with Crippen molar-refractivity contribution in [1.82, 2.24) is 24.8 Å². The largest absolute Gasteiger partial charge is 0.382 e. The highest BCUT2D eigenvalue weighted by atomic mass is 35.5. The average molecular weight is 308 g/mol. The standard InChI is InChI=1S/C13H14ClN5O2/c1-7-3-15-13(14)18-10(7)9-5-19-4-8(6-21-2)16-12(20)11(19)17-9/h3,5,8H,4,6H2,1-2H3,(H,16,20)/t8-/m0/s1. The molecule has 2 aromatic heterocycles. The molecule has 1 aliphatic rings. The van der Waals surface area contributed by atoms with E-state index in [1.54, 1.807) is 13.3 Å². The summed E-state index contributed by atoms with van der Waals surface area (Å²) in [4.78, 5) is 24.5. The van der Waals surface area contributed by atoms with Gasteiger partial charge < -0.3 is 14.6 Å². The van der Waals surface area contributed by atoms with Crippen LogP contribution >= 0.6 is 11.6 Å². The maximum Gasteiger partial charge on any atom is 0.287 e. The van der Waals surface area contributed by atoms with Crippen molar-refractivity contribution in [2.24, 2.45) is 0 Å². The molecule has 0 spiro atoms. The summed E-state index contributed by atoms with van der Waals surface area (Å²) in [7, 11) is 1.60. The lowest BCUT2D eigenvalue weighted by Crippen LogP contribution is -2.46. The van der Waals surface area contributed by atoms with Gasteiger partial charge in [0.05, 0.1) is 18.3 Å². The molecule has 1 N–H and O–H groups in total. The van der Waals surface area contributed by atoms with E-state index >= 15 is 0 Å². The zero-order valence-electron chi connectivity index (χ0n) is 11.6. The van der Waals surface area contributed by atoms with Crippen LogP contribution in [0.2, 0.25) is 5.28 Å². The molecule has 1 aliphatic heterocycles. The number of ether oxygens (including phenoxy) is 1. The number of imidazole rings is 1. The van der Waals surface area contributed by atoms with E-state index in [0.29, 0.717) is 30.4 Å². The molecule has 7 nitrogen and oxygen atoms in total. The summed E-state index contributed by atoms with van der Waals surface area (Å²) in [6, 6.07) is -0.0628. The van der Waals surface area contributed by atoms with Gasteiger partial charge in [0.15, 0.2) is 5.82 Å². The van der Waals surface area contributed by atoms with Gasteiger partial charge in [-0.2, -0.15) is 0 Å². The van der Waals surface area contributed by atoms with E-state index in [0.717, 1.165) is 5.56 Å². The van der Waals surface area contributed by atoms with Crippen molar-refractivity contribution in [2.75, 3.05) is 13.7 Å². The Morgan fingerprint density at radius 2 is 2.33 bits per heavy atom. The molecule has 110 valence electrons. The van der Waals surface area contributed by atoms with Crippen molar-refractivity contribution in [3.8, 4) is 11.4 Å². The topological polar surface area (TPSA) is 81.9 Å². The quantitative estimate of drug-likeness (QED) is 0.857. The second-order valence-corrected chi connectivity index (χ2v) is 5.24. The second-order valence-electron chi connectivity index (χ2n) is 4.90. The van der Waals surface area contributed by atoms with Gasteiger partial charge in [0, 0.05) is 26.0 Å². The Labute approximate surface area is 126 Å². The van der Waals surface area contributed by atoms with Crippen LogP contribution in [0.4, 0.5) is 0 Å². The van der Waals surface area contributed by atoms with E-state index in [2.05, 4.69) is 20.3 Å². The van der Waals surface area contributed by atoms with Crippen LogP contribution in [0.3, 0.4) is 0 Å². The molecule has 0 saturated heterocycles. The van der Waals surface area contributed by atoms with Crippen LogP contribution in [0.25, 0.3) is 11.4 Å². The zero-order valence-corrected chi connectivity index (χ0v) is 12.4. The molecule has 0 bridgehead atoms. The van der Waals surface area contributed by atoms with Gasteiger partial charge in [-0.3, -0.25) is 4.79 Å². The van der Waals surface area contributed by atoms with E-state index in [9.17, 15) is 4.79 Å². The Bertz CT molecular complexity index is 700. The highest BCUT2D eigenvalue weighted by molar-refractivity contribution is 6.28. The van der Waals surface area contributed by atoms with Crippen LogP contribution in [0, 0.1) is 6.92 Å². The summed E-state index contributed by atoms with van der Waals surface area (Å²) in [5, 5.41) is 3.01. The Morgan fingerprint density at radius 3 is 3.10 bits per heavy atom. The summed E-state index contributed by atoms with van der Waals surface area (Å²) >= 11 is 5.83. The van der Waals surface area contributed by atoms with Crippen LogP contribution in [-0.2, 0) is 11.3 Å². The normalized spacial score (nSPS) is 17.5. The SMILES string of the molecule is COC[C@@H]1Cn2cc(-c3nc(Cl)ncc3C)nc2C(=O)N1. The molecule has 8 heteroatoms. The molecule has 0 radical (unpaired) electrons. The Morgan fingerprint density at radius 1 is 1.52 bits per heavy atom. The predicted molar refractivity (Wildman–Crippen MR) is 76.1 cm³/mol. The summed E-state index contributed by atoms with van der Waals surface area (Å²) in [5.41, 5.74) is 2.09. The predicted octanol–water partition coefficient (Wildman–Crippen LogP) is 1.06. The number of carbonyl (C=O) groups excluding carboxylic acids is 1. The summed E-state index contributed by atoms with van der Waals surface area (Å²) in [6.45, 7) is 2.94. The van der Waals surface area contributed by atoms with Crippen LogP contribution in [-0.4, -0.2) is 45.2 Å². The number of hydrogen-bond donors (Lipinski definition) is 1. The van der Waals surface area contributed by atoms with Gasteiger partial charge in [0.1, 0.15) is 5.69 Å². The van der Waals surface area contributed by atoms with Gasteiger partial charge in [-0.05, 0) is 24.1 Å². The number of methoxy groups -OCH3 is 1. The third kappa shape index (κ3) is 2.62. The molecular weight excluding hydrogens is 294 g/mol. The Kier molecular flexibility index (Phi) is 3.60. The third-order valence-electron chi connectivity index (χ3n) is 3.28. The van der Waals surface area contributed by atoms with Crippen molar-refractivity contribution in [1.29, 1.82) is 0 Å². The van der Waals surface area contributed by atoms with Gasteiger partial charge in [-0.1, -0.05) is 0 Å². The molecule has 0 fully saturated rings. The number of rotatable bonds is 3. The molecule has 0 aliphatic carbocycles. The third-order valence-corrected chi connectivity index (χ3v) is 3.47. The minimum atomic E-state index is -0.215. The number of fused-ring (bicyclic) bond motifs is 1. The van der Waals surface area contributed by atoms with Crippen molar-refractivity contribution in [2.45, 2.75) is 19.5 Å². The summed E-state index contributed by atoms with van der Waals surface area (Å²) in [5.74, 6) is 0.152. The Balaban J connectivity index is 1.99. The zero-order chi connectivity index (χ0) is 15.0. The molecule has 1 amide bonds. The van der Waals surface area contributed by atoms with Crippen molar-refractivity contribution < 1.29 is 9.53 Å². The maximum absolute atomic E-state index is 12.1. The van der Waals surface area contributed by atoms with Crippen molar-refractivity contribution in [3.05, 3.63) is 29.1 Å². The molecule has 3 rings (SSSR count). The second kappa shape index (κ2) is 5.42. The molecule has 1 atom stereocenters. The first-order valence-electron chi connectivity index (χ1n) is 6.45. The van der Waals surface area contributed by atoms with Crippen LogP contribution in [0.1, 0.15) is 16.2 Å². The molecular formula is C13H14ClN5O2. The molecule has 0 unspecified atom stereocenters. The fraction of sp³-hybridized carbons (Fsp3) is 0.385. The van der Waals surface area contributed by atoms with E-state index in [1.807, 2.05) is 17.7 Å². The first-order chi connectivity index (χ1) is 10.1. The first-order valence-corrected chi connectivity index (χ1v) is 6.82. The lowest BCUT2D eigenvalue weighted by atomic mass is 10.2. The van der Waals surface area contributed by atoms with Crippen LogP contribution < -0.4 is 5.32 Å². The van der Waals surface area contributed by atoms with E-state index in [1.165, 1.54) is 0 Å². The maximum atomic E-state index is 12.1. The van der Waals surface area contributed by atoms with Gasteiger partial charge >= 0.3 is 0 Å². The fourth-order valence-corrected chi connectivity index (χ4v) is 2.49.